The average Bonchev–Trinajstić information content (AvgIpc) is 2.84. The number of hydrogen-bond donors (Lipinski definition) is 1. The van der Waals surface area contributed by atoms with Gasteiger partial charge >= 0.3 is 0 Å². The van der Waals surface area contributed by atoms with Crippen molar-refractivity contribution in [3.05, 3.63) is 17.8 Å². The molecule has 1 aliphatic rings. The lowest BCUT2D eigenvalue weighted by molar-refractivity contribution is 0.413. The lowest BCUT2D eigenvalue weighted by Crippen LogP contribution is -2.23. The lowest BCUT2D eigenvalue weighted by Gasteiger charge is -2.06. The van der Waals surface area contributed by atoms with Gasteiger partial charge in [-0.05, 0) is 20.4 Å². The summed E-state index contributed by atoms with van der Waals surface area (Å²) in [6.07, 6.45) is 3.10. The molecule has 0 aromatic carbocycles. The second-order valence-corrected chi connectivity index (χ2v) is 6.89. The third-order valence-corrected chi connectivity index (χ3v) is 4.92. The van der Waals surface area contributed by atoms with Gasteiger partial charge in [-0.2, -0.15) is 0 Å². The molecule has 1 aromatic heterocycles. The molecule has 2 atom stereocenters. The fourth-order valence-corrected chi connectivity index (χ4v) is 3.73. The van der Waals surface area contributed by atoms with Crippen LogP contribution in [0.3, 0.4) is 0 Å². The molecule has 1 aromatic rings. The van der Waals surface area contributed by atoms with Crippen molar-refractivity contribution < 1.29 is 12.8 Å². The molecule has 1 saturated heterocycles. The number of likely N-dealkylation sites (N-methyl/N-ethyl adjacent to an activating group) is 1. The first kappa shape index (κ1) is 12.6. The summed E-state index contributed by atoms with van der Waals surface area (Å²) in [6, 6.07) is 0.322. The number of hydrogen-bond acceptors (Lipinski definition) is 5. The Bertz CT molecular complexity index is 481. The zero-order valence-corrected chi connectivity index (χ0v) is 11.0. The minimum absolute atomic E-state index is 0.0568. The second-order valence-electron chi connectivity index (χ2n) is 4.66. The zero-order chi connectivity index (χ0) is 12.5. The number of sulfone groups is 1. The summed E-state index contributed by atoms with van der Waals surface area (Å²) >= 11 is 0. The maximum atomic E-state index is 11.4. The van der Waals surface area contributed by atoms with Gasteiger partial charge in [-0.15, -0.1) is 0 Å². The van der Waals surface area contributed by atoms with Crippen LogP contribution in [0.25, 0.3) is 0 Å². The minimum atomic E-state index is -2.87. The molecular weight excluding hydrogens is 240 g/mol. The maximum Gasteiger partial charge on any atom is 0.198 e. The molecule has 0 bridgehead atoms. The Balaban J connectivity index is 2.04. The van der Waals surface area contributed by atoms with E-state index in [9.17, 15) is 8.42 Å². The SMILES string of the molecule is CNC(C)Cc1cnc(C2CCS(=O)(=O)C2)o1. The summed E-state index contributed by atoms with van der Waals surface area (Å²) in [4.78, 5) is 4.19. The molecule has 6 heteroatoms. The highest BCUT2D eigenvalue weighted by atomic mass is 32.2. The van der Waals surface area contributed by atoms with Gasteiger partial charge in [0.1, 0.15) is 5.76 Å². The Morgan fingerprint density at radius 2 is 2.41 bits per heavy atom. The van der Waals surface area contributed by atoms with Crippen molar-refractivity contribution in [2.24, 2.45) is 0 Å². The van der Waals surface area contributed by atoms with Gasteiger partial charge in [0.15, 0.2) is 15.7 Å². The van der Waals surface area contributed by atoms with Crippen molar-refractivity contribution in [3.8, 4) is 0 Å². The molecule has 0 spiro atoms. The smallest absolute Gasteiger partial charge is 0.198 e. The van der Waals surface area contributed by atoms with Crippen LogP contribution in [0, 0.1) is 0 Å². The standard InChI is InChI=1S/C11H18N2O3S/c1-8(12-2)5-10-6-13-11(16-10)9-3-4-17(14,15)7-9/h6,8-9,12H,3-5,7H2,1-2H3. The summed E-state index contributed by atoms with van der Waals surface area (Å²) < 4.78 is 28.3. The first-order valence-corrected chi connectivity index (χ1v) is 7.64. The number of oxazole rings is 1. The van der Waals surface area contributed by atoms with Crippen LogP contribution in [0.5, 0.6) is 0 Å². The van der Waals surface area contributed by atoms with E-state index in [1.165, 1.54) is 0 Å². The van der Waals surface area contributed by atoms with Crippen molar-refractivity contribution in [3.63, 3.8) is 0 Å². The van der Waals surface area contributed by atoms with Crippen molar-refractivity contribution in [1.29, 1.82) is 0 Å². The predicted octanol–water partition coefficient (Wildman–Crippen LogP) is 0.727. The first-order valence-electron chi connectivity index (χ1n) is 5.82. The Hall–Kier alpha value is -0.880. The van der Waals surface area contributed by atoms with E-state index in [2.05, 4.69) is 17.2 Å². The molecule has 5 nitrogen and oxygen atoms in total. The normalized spacial score (nSPS) is 24.9. The monoisotopic (exact) mass is 258 g/mol. The number of rotatable bonds is 4. The highest BCUT2D eigenvalue weighted by Crippen LogP contribution is 2.28. The number of nitrogens with one attached hydrogen (secondary N) is 1. The molecule has 1 fully saturated rings. The van der Waals surface area contributed by atoms with Crippen molar-refractivity contribution >= 4 is 9.84 Å². The predicted molar refractivity (Wildman–Crippen MR) is 64.7 cm³/mol. The Kier molecular flexibility index (Phi) is 3.53. The van der Waals surface area contributed by atoms with E-state index in [1.54, 1.807) is 6.20 Å². The second kappa shape index (κ2) is 4.78. The average molecular weight is 258 g/mol. The van der Waals surface area contributed by atoms with Gasteiger partial charge in [0, 0.05) is 12.5 Å². The van der Waals surface area contributed by atoms with Gasteiger partial charge in [-0.3, -0.25) is 0 Å². The molecular formula is C11H18N2O3S. The largest absolute Gasteiger partial charge is 0.445 e. The van der Waals surface area contributed by atoms with E-state index in [-0.39, 0.29) is 17.4 Å². The minimum Gasteiger partial charge on any atom is -0.445 e. The molecule has 2 unspecified atom stereocenters. The topological polar surface area (TPSA) is 72.2 Å². The maximum absolute atomic E-state index is 11.4. The van der Waals surface area contributed by atoms with Crippen LogP contribution in [-0.4, -0.2) is 38.0 Å². The van der Waals surface area contributed by atoms with E-state index >= 15 is 0 Å². The molecule has 96 valence electrons. The van der Waals surface area contributed by atoms with Crippen molar-refractivity contribution in [1.82, 2.24) is 10.3 Å². The number of aromatic nitrogens is 1. The third kappa shape index (κ3) is 3.07. The van der Waals surface area contributed by atoms with Gasteiger partial charge in [-0.25, -0.2) is 13.4 Å². The molecule has 0 amide bonds. The van der Waals surface area contributed by atoms with E-state index < -0.39 is 9.84 Å². The Labute approximate surface area is 102 Å². The van der Waals surface area contributed by atoms with Gasteiger partial charge in [0.25, 0.3) is 0 Å². The van der Waals surface area contributed by atoms with Crippen LogP contribution in [0.4, 0.5) is 0 Å². The Morgan fingerprint density at radius 1 is 1.65 bits per heavy atom. The van der Waals surface area contributed by atoms with Gasteiger partial charge in [0.2, 0.25) is 0 Å². The first-order chi connectivity index (χ1) is 8.00. The van der Waals surface area contributed by atoms with E-state index in [0.29, 0.717) is 18.4 Å². The summed E-state index contributed by atoms with van der Waals surface area (Å²) in [5.74, 6) is 1.76. The third-order valence-electron chi connectivity index (χ3n) is 3.15. The van der Waals surface area contributed by atoms with Crippen LogP contribution in [0.15, 0.2) is 10.6 Å². The number of nitrogens with zero attached hydrogens (tertiary/aromatic N) is 1. The Morgan fingerprint density at radius 3 is 3.00 bits per heavy atom. The molecule has 0 saturated carbocycles. The summed E-state index contributed by atoms with van der Waals surface area (Å²) in [5.41, 5.74) is 0. The molecule has 2 rings (SSSR count). The summed E-state index contributed by atoms with van der Waals surface area (Å²) in [7, 11) is -0.980. The van der Waals surface area contributed by atoms with Crippen molar-refractivity contribution in [2.45, 2.75) is 31.7 Å². The molecule has 1 aliphatic heterocycles. The molecule has 1 N–H and O–H groups in total. The lowest BCUT2D eigenvalue weighted by atomic mass is 10.1. The summed E-state index contributed by atoms with van der Waals surface area (Å²) in [6.45, 7) is 2.06. The highest BCUT2D eigenvalue weighted by Gasteiger charge is 2.32. The zero-order valence-electron chi connectivity index (χ0n) is 10.1. The van der Waals surface area contributed by atoms with E-state index in [0.717, 1.165) is 12.2 Å². The van der Waals surface area contributed by atoms with Crippen LogP contribution in [0.2, 0.25) is 0 Å². The molecule has 0 aliphatic carbocycles. The van der Waals surface area contributed by atoms with Gasteiger partial charge < -0.3 is 9.73 Å². The van der Waals surface area contributed by atoms with Crippen LogP contribution in [-0.2, 0) is 16.3 Å². The van der Waals surface area contributed by atoms with Crippen molar-refractivity contribution in [2.75, 3.05) is 18.6 Å². The highest BCUT2D eigenvalue weighted by molar-refractivity contribution is 7.91. The fourth-order valence-electron chi connectivity index (χ4n) is 2.00. The van der Waals surface area contributed by atoms with E-state index in [4.69, 9.17) is 4.42 Å². The quantitative estimate of drug-likeness (QED) is 0.862. The molecule has 2 heterocycles. The van der Waals surface area contributed by atoms with Crippen LogP contribution < -0.4 is 5.32 Å². The molecule has 17 heavy (non-hydrogen) atoms. The summed E-state index contributed by atoms with van der Waals surface area (Å²) in [5, 5.41) is 3.12. The van der Waals surface area contributed by atoms with Crippen LogP contribution in [0.1, 0.15) is 30.9 Å². The van der Waals surface area contributed by atoms with Crippen LogP contribution >= 0.6 is 0 Å². The molecule has 0 radical (unpaired) electrons. The van der Waals surface area contributed by atoms with Gasteiger partial charge in [-0.1, -0.05) is 0 Å². The van der Waals surface area contributed by atoms with Gasteiger partial charge in [0.05, 0.1) is 23.6 Å². The van der Waals surface area contributed by atoms with E-state index in [1.807, 2.05) is 7.05 Å². The fraction of sp³-hybridized carbons (Fsp3) is 0.727.